The minimum Gasteiger partial charge on any atom is -0.346 e. The largest absolute Gasteiger partial charge is 0.405 e. The average molecular weight is 539 g/mol. The van der Waals surface area contributed by atoms with Crippen molar-refractivity contribution in [2.24, 2.45) is 0 Å². The second kappa shape index (κ2) is 12.2. The third-order valence-corrected chi connectivity index (χ3v) is 7.23. The van der Waals surface area contributed by atoms with E-state index in [0.29, 0.717) is 6.42 Å². The monoisotopic (exact) mass is 538 g/mol. The highest BCUT2D eigenvalue weighted by atomic mass is 79.9. The minimum absolute atomic E-state index is 0.476. The number of carbonyl (C=O) groups excluding carboxylic acids is 1. The Morgan fingerprint density at radius 3 is 1.97 bits per heavy atom. The molecule has 2 aromatic rings. The van der Waals surface area contributed by atoms with E-state index in [4.69, 9.17) is 0 Å². The lowest BCUT2D eigenvalue weighted by Gasteiger charge is -2.31. The van der Waals surface area contributed by atoms with Gasteiger partial charge < -0.3 is 10.2 Å². The summed E-state index contributed by atoms with van der Waals surface area (Å²) in [7, 11) is 2.11. The fraction of sp³-hybridized carbons (Fsp3) is 0.519. The number of rotatable bonds is 13. The molecule has 186 valence electrons. The van der Waals surface area contributed by atoms with E-state index in [1.807, 2.05) is 48.5 Å². The minimum atomic E-state index is -4.45. The molecule has 0 aromatic heterocycles. The molecule has 1 aliphatic rings. The highest BCUT2D eigenvalue weighted by molar-refractivity contribution is 9.09. The smallest absolute Gasteiger partial charge is 0.346 e. The summed E-state index contributed by atoms with van der Waals surface area (Å²) in [4.78, 5) is 15.8. The summed E-state index contributed by atoms with van der Waals surface area (Å²) in [5.41, 5.74) is 2.36. The molecule has 0 aliphatic heterocycles. The number of nitrogens with zero attached hydrogens (tertiary/aromatic N) is 1. The number of unbranched alkanes of at least 4 members (excludes halogenated alkanes) is 4. The predicted octanol–water partition coefficient (Wildman–Crippen LogP) is 6.69. The van der Waals surface area contributed by atoms with E-state index >= 15 is 0 Å². The van der Waals surface area contributed by atoms with Gasteiger partial charge in [-0.05, 0) is 68.1 Å². The first-order valence-electron chi connectivity index (χ1n) is 12.1. The van der Waals surface area contributed by atoms with Crippen LogP contribution in [-0.4, -0.2) is 49.0 Å². The highest BCUT2D eigenvalue weighted by Gasteiger charge is 2.49. The van der Waals surface area contributed by atoms with Crippen LogP contribution in [0.2, 0.25) is 0 Å². The van der Waals surface area contributed by atoms with Gasteiger partial charge in [0.25, 0.3) is 0 Å². The Hall–Kier alpha value is -1.86. The van der Waals surface area contributed by atoms with Gasteiger partial charge in [0, 0.05) is 5.33 Å². The van der Waals surface area contributed by atoms with Gasteiger partial charge in [0.2, 0.25) is 5.91 Å². The number of carbonyl (C=O) groups is 1. The Labute approximate surface area is 209 Å². The molecule has 34 heavy (non-hydrogen) atoms. The summed E-state index contributed by atoms with van der Waals surface area (Å²) < 4.78 is 38.9. The standard InChI is InChI=1S/C27H34BrF3N2O/c1-33(18-10-3-2-9-17-28)19-11-8-16-26(25(34)32-20-27(29,30)31)23-14-6-4-12-21(23)22-13-5-7-15-24(22)26/h4-7,12-15H,2-3,8-11,16-20H2,1H3,(H,32,34). The molecule has 1 aliphatic carbocycles. The third kappa shape index (κ3) is 6.42. The average Bonchev–Trinajstić information content (AvgIpc) is 3.11. The van der Waals surface area contributed by atoms with Crippen LogP contribution in [0.5, 0.6) is 0 Å². The molecule has 0 bridgehead atoms. The summed E-state index contributed by atoms with van der Waals surface area (Å²) >= 11 is 3.46. The van der Waals surface area contributed by atoms with Gasteiger partial charge in [-0.1, -0.05) is 83.7 Å². The molecule has 0 saturated carbocycles. The molecule has 1 amide bonds. The summed E-state index contributed by atoms with van der Waals surface area (Å²) in [6.07, 6.45) is 2.46. The topological polar surface area (TPSA) is 32.3 Å². The molecule has 7 heteroatoms. The predicted molar refractivity (Wildman–Crippen MR) is 135 cm³/mol. The Kier molecular flexibility index (Phi) is 9.60. The van der Waals surface area contributed by atoms with E-state index in [1.165, 1.54) is 19.3 Å². The zero-order chi connectivity index (χ0) is 24.6. The number of fused-ring (bicyclic) bond motifs is 3. The Morgan fingerprint density at radius 1 is 0.882 bits per heavy atom. The number of halogens is 4. The highest BCUT2D eigenvalue weighted by Crippen LogP contribution is 2.51. The second-order valence-electron chi connectivity index (χ2n) is 9.16. The zero-order valence-corrected chi connectivity index (χ0v) is 21.4. The Morgan fingerprint density at radius 2 is 1.41 bits per heavy atom. The molecular formula is C27H34BrF3N2O. The quantitative estimate of drug-likeness (QED) is 0.227. The van der Waals surface area contributed by atoms with Crippen LogP contribution < -0.4 is 5.32 Å². The van der Waals surface area contributed by atoms with Crippen molar-refractivity contribution >= 4 is 21.8 Å². The third-order valence-electron chi connectivity index (χ3n) is 6.67. The van der Waals surface area contributed by atoms with Crippen LogP contribution in [0.15, 0.2) is 48.5 Å². The molecule has 0 spiro atoms. The maximum Gasteiger partial charge on any atom is 0.405 e. The van der Waals surface area contributed by atoms with Crippen molar-refractivity contribution < 1.29 is 18.0 Å². The molecule has 0 radical (unpaired) electrons. The number of hydrogen-bond acceptors (Lipinski definition) is 2. The number of hydrogen-bond donors (Lipinski definition) is 1. The summed E-state index contributed by atoms with van der Waals surface area (Å²) in [5, 5.41) is 3.25. The van der Waals surface area contributed by atoms with E-state index in [-0.39, 0.29) is 0 Å². The molecule has 0 fully saturated rings. The fourth-order valence-corrected chi connectivity index (χ4v) is 5.39. The zero-order valence-electron chi connectivity index (χ0n) is 19.8. The number of benzene rings is 2. The molecule has 0 saturated heterocycles. The van der Waals surface area contributed by atoms with E-state index in [9.17, 15) is 18.0 Å². The van der Waals surface area contributed by atoms with Gasteiger partial charge in [-0.25, -0.2) is 0 Å². The van der Waals surface area contributed by atoms with Gasteiger partial charge in [-0.2, -0.15) is 13.2 Å². The van der Waals surface area contributed by atoms with Crippen molar-refractivity contribution in [1.29, 1.82) is 0 Å². The first kappa shape index (κ1) is 26.7. The Bertz CT molecular complexity index is 902. The number of nitrogens with one attached hydrogen (secondary N) is 1. The van der Waals surface area contributed by atoms with Gasteiger partial charge in [0.05, 0.1) is 0 Å². The van der Waals surface area contributed by atoms with Gasteiger partial charge in [0.1, 0.15) is 12.0 Å². The van der Waals surface area contributed by atoms with Crippen molar-refractivity contribution in [3.05, 3.63) is 59.7 Å². The van der Waals surface area contributed by atoms with Crippen LogP contribution in [0, 0.1) is 0 Å². The molecule has 3 rings (SSSR count). The molecule has 0 unspecified atom stereocenters. The number of amides is 1. The van der Waals surface area contributed by atoms with Gasteiger partial charge in [-0.3, -0.25) is 4.79 Å². The van der Waals surface area contributed by atoms with Crippen LogP contribution >= 0.6 is 15.9 Å². The van der Waals surface area contributed by atoms with Gasteiger partial charge >= 0.3 is 6.18 Å². The van der Waals surface area contributed by atoms with Crippen LogP contribution in [-0.2, 0) is 10.2 Å². The second-order valence-corrected chi connectivity index (χ2v) is 9.95. The normalized spacial score (nSPS) is 14.2. The fourth-order valence-electron chi connectivity index (χ4n) is 5.00. The van der Waals surface area contributed by atoms with Crippen molar-refractivity contribution in [2.45, 2.75) is 56.5 Å². The summed E-state index contributed by atoms with van der Waals surface area (Å²) in [6.45, 7) is 0.614. The lowest BCUT2D eigenvalue weighted by atomic mass is 9.73. The van der Waals surface area contributed by atoms with Gasteiger partial charge in [-0.15, -0.1) is 0 Å². The molecule has 2 aromatic carbocycles. The van der Waals surface area contributed by atoms with E-state index in [2.05, 4.69) is 33.2 Å². The number of alkyl halides is 4. The maximum absolute atomic E-state index is 13.5. The first-order chi connectivity index (χ1) is 16.3. The van der Waals surface area contributed by atoms with Crippen molar-refractivity contribution in [3.63, 3.8) is 0 Å². The van der Waals surface area contributed by atoms with Crippen molar-refractivity contribution in [1.82, 2.24) is 10.2 Å². The molecule has 0 heterocycles. The Balaban J connectivity index is 1.73. The molecule has 1 N–H and O–H groups in total. The van der Waals surface area contributed by atoms with Crippen LogP contribution in [0.1, 0.15) is 56.1 Å². The van der Waals surface area contributed by atoms with Crippen molar-refractivity contribution in [2.75, 3.05) is 32.0 Å². The first-order valence-corrected chi connectivity index (χ1v) is 13.2. The van der Waals surface area contributed by atoms with E-state index in [0.717, 1.165) is 59.9 Å². The summed E-state index contributed by atoms with van der Waals surface area (Å²) in [6, 6.07) is 15.2. The lowest BCUT2D eigenvalue weighted by Crippen LogP contribution is -2.47. The molecular weight excluding hydrogens is 505 g/mol. The molecule has 3 nitrogen and oxygen atoms in total. The maximum atomic E-state index is 13.5. The van der Waals surface area contributed by atoms with Crippen molar-refractivity contribution in [3.8, 4) is 11.1 Å². The van der Waals surface area contributed by atoms with Crippen LogP contribution in [0.25, 0.3) is 11.1 Å². The van der Waals surface area contributed by atoms with Crippen LogP contribution in [0.4, 0.5) is 13.2 Å². The van der Waals surface area contributed by atoms with E-state index in [1.54, 1.807) is 0 Å². The SMILES string of the molecule is CN(CCCCCCBr)CCCCC1(C(=O)NCC(F)(F)F)c2ccccc2-c2ccccc21. The van der Waals surface area contributed by atoms with Crippen LogP contribution in [0.3, 0.4) is 0 Å². The summed E-state index contributed by atoms with van der Waals surface area (Å²) in [5.74, 6) is -0.567. The molecule has 0 atom stereocenters. The van der Waals surface area contributed by atoms with Gasteiger partial charge in [0.15, 0.2) is 0 Å². The van der Waals surface area contributed by atoms with E-state index < -0.39 is 24.0 Å². The lowest BCUT2D eigenvalue weighted by molar-refractivity contribution is -0.141.